The Hall–Kier alpha value is -1.90. The van der Waals surface area contributed by atoms with E-state index in [4.69, 9.17) is 4.74 Å². The van der Waals surface area contributed by atoms with E-state index in [1.54, 1.807) is 25.1 Å². The van der Waals surface area contributed by atoms with Gasteiger partial charge in [0, 0.05) is 6.54 Å². The number of anilines is 1. The van der Waals surface area contributed by atoms with E-state index in [0.29, 0.717) is 22.9 Å². The van der Waals surface area contributed by atoms with Gasteiger partial charge < -0.3 is 20.3 Å². The molecule has 2 aromatic rings. The first kappa shape index (κ1) is 22.4. The average Bonchev–Trinajstić information content (AvgIpc) is 3.13. The summed E-state index contributed by atoms with van der Waals surface area (Å²) < 4.78 is 6.72. The Morgan fingerprint density at radius 3 is 2.54 bits per heavy atom. The largest absolute Gasteiger partial charge is 0.490 e. The highest BCUT2D eigenvalue weighted by molar-refractivity contribution is 9.11. The van der Waals surface area contributed by atoms with E-state index in [0.717, 1.165) is 23.4 Å². The fraction of sp³-hybridized carbons (Fsp3) is 0.400. The van der Waals surface area contributed by atoms with Crippen LogP contribution in [0.4, 0.5) is 5.69 Å². The predicted molar refractivity (Wildman–Crippen MR) is 117 cm³/mol. The Bertz CT molecular complexity index is 793. The van der Waals surface area contributed by atoms with Gasteiger partial charge in [0.25, 0.3) is 5.91 Å². The summed E-state index contributed by atoms with van der Waals surface area (Å²) in [6.45, 7) is 9.17. The molecule has 0 aliphatic carbocycles. The molecule has 0 saturated heterocycles. The Morgan fingerprint density at radius 1 is 1.18 bits per heavy atom. The van der Waals surface area contributed by atoms with Gasteiger partial charge in [-0.3, -0.25) is 9.59 Å². The Morgan fingerprint density at radius 2 is 1.89 bits per heavy atom. The number of benzene rings is 1. The van der Waals surface area contributed by atoms with E-state index in [2.05, 4.69) is 45.3 Å². The molecule has 2 N–H and O–H groups in total. The van der Waals surface area contributed by atoms with Gasteiger partial charge in [-0.1, -0.05) is 26.0 Å². The van der Waals surface area contributed by atoms with Gasteiger partial charge in [0.15, 0.2) is 0 Å². The summed E-state index contributed by atoms with van der Waals surface area (Å²) in [4.78, 5) is 27.6. The van der Waals surface area contributed by atoms with E-state index in [1.807, 2.05) is 18.2 Å². The number of carbonyl (C=O) groups excluding carboxylic acids is 2. The fourth-order valence-electron chi connectivity index (χ4n) is 2.53. The molecular formula is C20H26BrN3O3S. The molecule has 0 spiro atoms. The zero-order valence-electron chi connectivity index (χ0n) is 16.3. The van der Waals surface area contributed by atoms with Gasteiger partial charge in [0.1, 0.15) is 18.4 Å². The highest BCUT2D eigenvalue weighted by Gasteiger charge is 2.19. The maximum absolute atomic E-state index is 12.5. The van der Waals surface area contributed by atoms with Crippen molar-refractivity contribution in [3.8, 4) is 5.75 Å². The summed E-state index contributed by atoms with van der Waals surface area (Å²) in [7, 11) is 0. The zero-order valence-corrected chi connectivity index (χ0v) is 18.7. The third kappa shape index (κ3) is 6.61. The van der Waals surface area contributed by atoms with E-state index in [1.165, 1.54) is 11.3 Å². The number of para-hydroxylation sites is 2. The van der Waals surface area contributed by atoms with E-state index < -0.39 is 6.04 Å². The number of rotatable bonds is 10. The molecule has 28 heavy (non-hydrogen) atoms. The van der Waals surface area contributed by atoms with Crippen molar-refractivity contribution in [3.63, 3.8) is 0 Å². The number of likely N-dealkylation sites (N-methyl/N-ethyl adjacent to an activating group) is 1. The second kappa shape index (κ2) is 11.2. The van der Waals surface area contributed by atoms with Gasteiger partial charge in [-0.05, 0) is 60.2 Å². The van der Waals surface area contributed by atoms with Crippen LogP contribution in [0.5, 0.6) is 5.75 Å². The van der Waals surface area contributed by atoms with E-state index >= 15 is 0 Å². The van der Waals surface area contributed by atoms with Crippen molar-refractivity contribution in [1.82, 2.24) is 10.2 Å². The lowest BCUT2D eigenvalue weighted by Gasteiger charge is -2.19. The summed E-state index contributed by atoms with van der Waals surface area (Å²) in [5.41, 5.74) is 0.590. The van der Waals surface area contributed by atoms with Crippen LogP contribution in [0, 0.1) is 0 Å². The molecule has 0 aliphatic rings. The van der Waals surface area contributed by atoms with E-state index in [-0.39, 0.29) is 11.8 Å². The number of thiophene rings is 1. The number of hydrogen-bond donors (Lipinski definition) is 2. The van der Waals surface area contributed by atoms with Gasteiger partial charge in [-0.2, -0.15) is 0 Å². The first-order chi connectivity index (χ1) is 13.4. The molecule has 0 saturated carbocycles. The SMILES string of the molecule is CCN(CC)CCOc1ccccc1NC(=O)C(C)NC(=O)c1ccc(Br)s1. The van der Waals surface area contributed by atoms with E-state index in [9.17, 15) is 9.59 Å². The van der Waals surface area contributed by atoms with Crippen LogP contribution in [0.1, 0.15) is 30.4 Å². The minimum absolute atomic E-state index is 0.276. The Balaban J connectivity index is 1.92. The molecule has 0 bridgehead atoms. The van der Waals surface area contributed by atoms with Crippen molar-refractivity contribution < 1.29 is 14.3 Å². The number of ether oxygens (including phenoxy) is 1. The van der Waals surface area contributed by atoms with Crippen molar-refractivity contribution >= 4 is 44.8 Å². The molecule has 6 nitrogen and oxygen atoms in total. The maximum Gasteiger partial charge on any atom is 0.262 e. The molecule has 1 unspecified atom stereocenters. The summed E-state index contributed by atoms with van der Waals surface area (Å²) in [5.74, 6) is 0.0367. The lowest BCUT2D eigenvalue weighted by Crippen LogP contribution is -2.41. The Kier molecular flexibility index (Phi) is 8.95. The fourth-order valence-corrected chi connectivity index (χ4v) is 3.82. The van der Waals surface area contributed by atoms with Gasteiger partial charge in [0.2, 0.25) is 5.91 Å². The van der Waals surface area contributed by atoms with Gasteiger partial charge in [-0.25, -0.2) is 0 Å². The van der Waals surface area contributed by atoms with Crippen LogP contribution in [-0.2, 0) is 4.79 Å². The molecule has 8 heteroatoms. The number of carbonyl (C=O) groups is 2. The molecule has 2 amide bonds. The number of halogens is 1. The van der Waals surface area contributed by atoms with Crippen LogP contribution in [0.2, 0.25) is 0 Å². The quantitative estimate of drug-likeness (QED) is 0.554. The molecule has 0 radical (unpaired) electrons. The smallest absolute Gasteiger partial charge is 0.262 e. The normalized spacial score (nSPS) is 11.9. The van der Waals surface area contributed by atoms with Crippen LogP contribution in [0.15, 0.2) is 40.2 Å². The number of hydrogen-bond acceptors (Lipinski definition) is 5. The molecular weight excluding hydrogens is 442 g/mol. The molecule has 1 heterocycles. The van der Waals surface area contributed by atoms with Crippen molar-refractivity contribution in [2.24, 2.45) is 0 Å². The molecule has 0 fully saturated rings. The summed E-state index contributed by atoms with van der Waals surface area (Å²) in [6, 6.07) is 10.1. The average molecular weight is 468 g/mol. The second-order valence-electron chi connectivity index (χ2n) is 6.16. The molecule has 1 aromatic heterocycles. The summed E-state index contributed by atoms with van der Waals surface area (Å²) in [6.07, 6.45) is 0. The molecule has 1 aromatic carbocycles. The topological polar surface area (TPSA) is 70.7 Å². The van der Waals surface area contributed by atoms with Crippen molar-refractivity contribution in [3.05, 3.63) is 45.1 Å². The van der Waals surface area contributed by atoms with Gasteiger partial charge in [0.05, 0.1) is 14.4 Å². The lowest BCUT2D eigenvalue weighted by molar-refractivity contribution is -0.117. The first-order valence-electron chi connectivity index (χ1n) is 9.25. The van der Waals surface area contributed by atoms with Crippen LogP contribution < -0.4 is 15.4 Å². The number of amides is 2. The summed E-state index contributed by atoms with van der Waals surface area (Å²) >= 11 is 4.65. The molecule has 1 atom stereocenters. The predicted octanol–water partition coefficient (Wildman–Crippen LogP) is 3.99. The van der Waals surface area contributed by atoms with Crippen molar-refractivity contribution in [2.75, 3.05) is 31.6 Å². The Labute approximate surface area is 178 Å². The first-order valence-corrected chi connectivity index (χ1v) is 10.9. The minimum Gasteiger partial charge on any atom is -0.490 e. The highest BCUT2D eigenvalue weighted by atomic mass is 79.9. The van der Waals surface area contributed by atoms with Crippen LogP contribution >= 0.6 is 27.3 Å². The third-order valence-electron chi connectivity index (χ3n) is 4.24. The molecule has 2 rings (SSSR count). The molecule has 0 aliphatic heterocycles. The standard InChI is InChI=1S/C20H26BrN3O3S/c1-4-24(5-2)12-13-27-16-9-7-6-8-15(16)23-19(25)14(3)22-20(26)17-10-11-18(21)28-17/h6-11,14H,4-5,12-13H2,1-3H3,(H,22,26)(H,23,25). The van der Waals surface area contributed by atoms with Gasteiger partial charge >= 0.3 is 0 Å². The van der Waals surface area contributed by atoms with Crippen molar-refractivity contribution in [2.45, 2.75) is 26.8 Å². The molecule has 152 valence electrons. The van der Waals surface area contributed by atoms with Gasteiger partial charge in [-0.15, -0.1) is 11.3 Å². The second-order valence-corrected chi connectivity index (χ2v) is 8.62. The number of nitrogens with one attached hydrogen (secondary N) is 2. The number of nitrogens with zero attached hydrogens (tertiary/aromatic N) is 1. The highest BCUT2D eigenvalue weighted by Crippen LogP contribution is 2.24. The van der Waals surface area contributed by atoms with Crippen LogP contribution in [0.3, 0.4) is 0 Å². The zero-order chi connectivity index (χ0) is 20.5. The van der Waals surface area contributed by atoms with Crippen molar-refractivity contribution in [1.29, 1.82) is 0 Å². The van der Waals surface area contributed by atoms with Crippen LogP contribution in [0.25, 0.3) is 0 Å². The summed E-state index contributed by atoms with van der Waals surface area (Å²) in [5, 5.41) is 5.55. The monoisotopic (exact) mass is 467 g/mol. The minimum atomic E-state index is -0.683. The third-order valence-corrected chi connectivity index (χ3v) is 5.86. The lowest BCUT2D eigenvalue weighted by atomic mass is 10.2. The maximum atomic E-state index is 12.5. The van der Waals surface area contributed by atoms with Crippen LogP contribution in [-0.4, -0.2) is 49.0 Å².